The highest BCUT2D eigenvalue weighted by Crippen LogP contribution is 2.58. The lowest BCUT2D eigenvalue weighted by Crippen LogP contribution is -2.33. The normalized spacial score (nSPS) is 14.7. The molecular weight excluding hydrogens is 811 g/mol. The van der Waals surface area contributed by atoms with Gasteiger partial charge in [-0.15, -0.1) is 0 Å². The van der Waals surface area contributed by atoms with E-state index in [0.717, 1.165) is 34.1 Å². The highest BCUT2D eigenvalue weighted by atomic mass is 15.2. The standard InChI is InChI=1S/C64H59N3/c1-61(2,3)44-24-30-46(31-25-44)65(48-28-22-40-16-11-13-18-42(40)34-48)50-36-52-53-37-51(66(47-32-26-45(27-33-47)62(4,5)6)49-29-23-41-17-12-14-19-43(41)35-49)39-57-59(53)67-58(52)56(38-50)63(7,8)54-20-15-21-55(60(54)67)64(57,9)10/h11-39H,1-10H3. The Morgan fingerprint density at radius 2 is 0.716 bits per heavy atom. The average Bonchev–Trinajstić information content (AvgIpc) is 3.64. The molecule has 330 valence electrons. The summed E-state index contributed by atoms with van der Waals surface area (Å²) in [6.07, 6.45) is 0. The Kier molecular flexibility index (Phi) is 8.76. The molecule has 0 saturated carbocycles. The van der Waals surface area contributed by atoms with Gasteiger partial charge in [0, 0.05) is 55.7 Å². The third-order valence-corrected chi connectivity index (χ3v) is 15.4. The van der Waals surface area contributed by atoms with Crippen LogP contribution in [0.5, 0.6) is 0 Å². The Morgan fingerprint density at radius 1 is 0.343 bits per heavy atom. The quantitative estimate of drug-likeness (QED) is 0.165. The molecule has 2 aliphatic heterocycles. The third kappa shape index (κ3) is 6.23. The summed E-state index contributed by atoms with van der Waals surface area (Å²) < 4.78 is 2.65. The first-order valence-corrected chi connectivity index (χ1v) is 24.1. The van der Waals surface area contributed by atoms with E-state index in [-0.39, 0.29) is 21.7 Å². The second-order valence-corrected chi connectivity index (χ2v) is 22.4. The lowest BCUT2D eigenvalue weighted by molar-refractivity contribution is 0.590. The first-order chi connectivity index (χ1) is 32.0. The molecule has 10 aromatic rings. The topological polar surface area (TPSA) is 11.4 Å². The molecule has 0 fully saturated rings. The van der Waals surface area contributed by atoms with Crippen molar-refractivity contribution in [1.82, 2.24) is 4.57 Å². The van der Waals surface area contributed by atoms with Gasteiger partial charge in [0.05, 0.1) is 16.7 Å². The Labute approximate surface area is 395 Å². The van der Waals surface area contributed by atoms with Gasteiger partial charge in [-0.05, 0) is 139 Å². The largest absolute Gasteiger partial charge is 0.310 e. The van der Waals surface area contributed by atoms with Crippen LogP contribution in [0.1, 0.15) is 103 Å². The molecule has 3 heteroatoms. The van der Waals surface area contributed by atoms with Crippen LogP contribution in [0.2, 0.25) is 0 Å². The van der Waals surface area contributed by atoms with Gasteiger partial charge in [0.1, 0.15) is 0 Å². The SMILES string of the molecule is CC(C)(C)c1ccc(N(c2ccc3ccccc3c2)c2cc3c4c(c2)c2cc(N(c5ccc(C(C)(C)C)cc5)c5ccc6ccccc6c5)cc5c2n4-c2c(cccc2C5(C)C)C3(C)C)cc1. The highest BCUT2D eigenvalue weighted by molar-refractivity contribution is 6.16. The predicted molar refractivity (Wildman–Crippen MR) is 287 cm³/mol. The Bertz CT molecular complexity index is 3410. The molecule has 2 aliphatic rings. The first-order valence-electron chi connectivity index (χ1n) is 24.1. The summed E-state index contributed by atoms with van der Waals surface area (Å²) in [5, 5.41) is 7.47. The average molecular weight is 870 g/mol. The zero-order valence-corrected chi connectivity index (χ0v) is 40.6. The van der Waals surface area contributed by atoms with Gasteiger partial charge < -0.3 is 14.4 Å². The number of nitrogens with zero attached hydrogens (tertiary/aromatic N) is 3. The lowest BCUT2D eigenvalue weighted by Gasteiger charge is -2.42. The van der Waals surface area contributed by atoms with Crippen molar-refractivity contribution in [3.63, 3.8) is 0 Å². The van der Waals surface area contributed by atoms with Crippen LogP contribution in [0.25, 0.3) is 49.0 Å². The number of aromatic nitrogens is 1. The molecule has 1 aromatic heterocycles. The summed E-state index contributed by atoms with van der Waals surface area (Å²) in [5.74, 6) is 0. The minimum absolute atomic E-state index is 0.0400. The van der Waals surface area contributed by atoms with Crippen LogP contribution < -0.4 is 9.80 Å². The summed E-state index contributed by atoms with van der Waals surface area (Å²) in [7, 11) is 0. The molecule has 9 aromatic carbocycles. The number of rotatable bonds is 6. The van der Waals surface area contributed by atoms with E-state index in [1.165, 1.54) is 82.4 Å². The van der Waals surface area contributed by atoms with Crippen molar-refractivity contribution < 1.29 is 0 Å². The van der Waals surface area contributed by atoms with Gasteiger partial charge in [-0.25, -0.2) is 0 Å². The van der Waals surface area contributed by atoms with Crippen LogP contribution >= 0.6 is 0 Å². The number of anilines is 6. The van der Waals surface area contributed by atoms with Crippen LogP contribution in [0, 0.1) is 0 Å². The molecule has 3 heterocycles. The minimum Gasteiger partial charge on any atom is -0.310 e. The molecular formula is C64H59N3. The van der Waals surface area contributed by atoms with Crippen molar-refractivity contribution in [3.05, 3.63) is 209 Å². The number of benzene rings is 9. The van der Waals surface area contributed by atoms with Crippen LogP contribution in [0.15, 0.2) is 176 Å². The van der Waals surface area contributed by atoms with Gasteiger partial charge in [0.15, 0.2) is 0 Å². The van der Waals surface area contributed by atoms with Crippen molar-refractivity contribution >= 4 is 77.5 Å². The van der Waals surface area contributed by atoms with Crippen LogP contribution in [-0.4, -0.2) is 4.57 Å². The van der Waals surface area contributed by atoms with Crippen molar-refractivity contribution in [3.8, 4) is 5.69 Å². The number of fused-ring (bicyclic) bond motifs is 3. The van der Waals surface area contributed by atoms with Crippen LogP contribution in [0.3, 0.4) is 0 Å². The minimum atomic E-state index is -0.280. The Balaban J connectivity index is 1.18. The molecule has 0 atom stereocenters. The van der Waals surface area contributed by atoms with Gasteiger partial charge in [-0.1, -0.05) is 172 Å². The fourth-order valence-corrected chi connectivity index (χ4v) is 11.5. The summed E-state index contributed by atoms with van der Waals surface area (Å²) in [6.45, 7) is 23.5. The van der Waals surface area contributed by atoms with E-state index in [1.807, 2.05) is 0 Å². The van der Waals surface area contributed by atoms with E-state index in [2.05, 4.69) is 260 Å². The summed E-state index contributed by atoms with van der Waals surface area (Å²) in [6, 6.07) is 66.9. The summed E-state index contributed by atoms with van der Waals surface area (Å²) in [4.78, 5) is 4.99. The molecule has 0 spiro atoms. The first kappa shape index (κ1) is 41.3. The molecule has 0 aliphatic carbocycles. The van der Waals surface area contributed by atoms with Crippen molar-refractivity contribution in [1.29, 1.82) is 0 Å². The fourth-order valence-electron chi connectivity index (χ4n) is 11.5. The van der Waals surface area contributed by atoms with E-state index in [9.17, 15) is 0 Å². The fraction of sp³-hybridized carbons (Fsp3) is 0.219. The predicted octanol–water partition coefficient (Wildman–Crippen LogP) is 17.9. The monoisotopic (exact) mass is 869 g/mol. The molecule has 0 amide bonds. The molecule has 0 unspecified atom stereocenters. The Hall–Kier alpha value is -7.10. The molecule has 67 heavy (non-hydrogen) atoms. The molecule has 0 bridgehead atoms. The third-order valence-electron chi connectivity index (χ3n) is 15.4. The Morgan fingerprint density at radius 3 is 1.10 bits per heavy atom. The smallest absolute Gasteiger partial charge is 0.0583 e. The number of hydrogen-bond donors (Lipinski definition) is 0. The van der Waals surface area contributed by atoms with Gasteiger partial charge in [0.25, 0.3) is 0 Å². The maximum Gasteiger partial charge on any atom is 0.0583 e. The zero-order valence-electron chi connectivity index (χ0n) is 40.6. The molecule has 0 saturated heterocycles. The highest BCUT2D eigenvalue weighted by Gasteiger charge is 2.44. The summed E-state index contributed by atoms with van der Waals surface area (Å²) in [5.41, 5.74) is 18.4. The van der Waals surface area contributed by atoms with E-state index < -0.39 is 0 Å². The number of hydrogen-bond acceptors (Lipinski definition) is 2. The van der Waals surface area contributed by atoms with E-state index in [1.54, 1.807) is 0 Å². The van der Waals surface area contributed by atoms with E-state index >= 15 is 0 Å². The van der Waals surface area contributed by atoms with Gasteiger partial charge >= 0.3 is 0 Å². The second kappa shape index (κ2) is 14.2. The van der Waals surface area contributed by atoms with Crippen molar-refractivity contribution in [2.75, 3.05) is 9.80 Å². The van der Waals surface area contributed by atoms with Gasteiger partial charge in [-0.2, -0.15) is 0 Å². The van der Waals surface area contributed by atoms with Crippen LogP contribution in [-0.2, 0) is 21.7 Å². The van der Waals surface area contributed by atoms with Gasteiger partial charge in [-0.3, -0.25) is 0 Å². The van der Waals surface area contributed by atoms with Crippen molar-refractivity contribution in [2.24, 2.45) is 0 Å². The van der Waals surface area contributed by atoms with Crippen molar-refractivity contribution in [2.45, 2.75) is 90.9 Å². The summed E-state index contributed by atoms with van der Waals surface area (Å²) >= 11 is 0. The van der Waals surface area contributed by atoms with Gasteiger partial charge in [0.2, 0.25) is 0 Å². The molecule has 12 rings (SSSR count). The number of para-hydroxylation sites is 1. The zero-order chi connectivity index (χ0) is 46.4. The van der Waals surface area contributed by atoms with E-state index in [4.69, 9.17) is 0 Å². The van der Waals surface area contributed by atoms with Crippen LogP contribution in [0.4, 0.5) is 34.1 Å². The van der Waals surface area contributed by atoms with E-state index in [0.29, 0.717) is 0 Å². The molecule has 0 N–H and O–H groups in total. The molecule has 3 nitrogen and oxygen atoms in total. The maximum atomic E-state index is 2.65. The molecule has 0 radical (unpaired) electrons. The maximum absolute atomic E-state index is 2.65. The second-order valence-electron chi connectivity index (χ2n) is 22.4. The lowest BCUT2D eigenvalue weighted by atomic mass is 9.68.